The summed E-state index contributed by atoms with van der Waals surface area (Å²) >= 11 is 1.16. The zero-order chi connectivity index (χ0) is 17.8. The molecule has 5 nitrogen and oxygen atoms in total. The molecule has 6 heteroatoms. The molecule has 0 fully saturated rings. The van der Waals surface area contributed by atoms with Crippen molar-refractivity contribution < 1.29 is 14.5 Å². The van der Waals surface area contributed by atoms with Crippen molar-refractivity contribution in [2.75, 3.05) is 7.11 Å². The molecule has 0 aliphatic rings. The highest BCUT2D eigenvalue weighted by molar-refractivity contribution is 7.17. The van der Waals surface area contributed by atoms with Gasteiger partial charge in [0.1, 0.15) is 10.6 Å². The smallest absolute Gasteiger partial charge is 0.292 e. The Bertz CT molecular complexity index is 901. The Morgan fingerprint density at radius 1 is 1.12 bits per heavy atom. The lowest BCUT2D eigenvalue weighted by atomic mass is 10.0. The zero-order valence-electron chi connectivity index (χ0n) is 13.5. The van der Waals surface area contributed by atoms with Crippen LogP contribution in [0.25, 0.3) is 10.4 Å². The number of carbonyl (C=O) groups is 1. The SMILES string of the molecule is COc1ccc(Cc2c(C=O)sc(-c3ccccc3)c2[N+](=O)[O-])cc1. The predicted molar refractivity (Wildman–Crippen MR) is 97.6 cm³/mol. The number of carbonyl (C=O) groups excluding carboxylic acids is 1. The van der Waals surface area contributed by atoms with E-state index in [1.807, 2.05) is 42.5 Å². The van der Waals surface area contributed by atoms with E-state index >= 15 is 0 Å². The maximum Gasteiger partial charge on any atom is 0.292 e. The fourth-order valence-corrected chi connectivity index (χ4v) is 3.77. The summed E-state index contributed by atoms with van der Waals surface area (Å²) in [6.07, 6.45) is 1.01. The maximum absolute atomic E-state index is 11.7. The van der Waals surface area contributed by atoms with E-state index in [0.717, 1.165) is 22.5 Å². The first kappa shape index (κ1) is 16.9. The Kier molecular flexibility index (Phi) is 4.90. The molecule has 0 atom stereocenters. The van der Waals surface area contributed by atoms with Crippen molar-refractivity contribution in [1.29, 1.82) is 0 Å². The minimum atomic E-state index is -0.398. The number of nitrogens with zero attached hydrogens (tertiary/aromatic N) is 1. The van der Waals surface area contributed by atoms with Gasteiger partial charge in [0.15, 0.2) is 6.29 Å². The number of hydrogen-bond donors (Lipinski definition) is 0. The van der Waals surface area contributed by atoms with Gasteiger partial charge in [0.05, 0.1) is 22.5 Å². The summed E-state index contributed by atoms with van der Waals surface area (Å²) in [5.41, 5.74) is 2.08. The van der Waals surface area contributed by atoms with Crippen molar-refractivity contribution in [2.24, 2.45) is 0 Å². The van der Waals surface area contributed by atoms with E-state index < -0.39 is 4.92 Å². The summed E-state index contributed by atoms with van der Waals surface area (Å²) < 4.78 is 5.13. The Morgan fingerprint density at radius 2 is 1.80 bits per heavy atom. The monoisotopic (exact) mass is 353 g/mol. The average molecular weight is 353 g/mol. The van der Waals surface area contributed by atoms with Crippen LogP contribution in [0, 0.1) is 10.1 Å². The first-order valence-electron chi connectivity index (χ1n) is 7.57. The lowest BCUT2D eigenvalue weighted by Crippen LogP contribution is -1.97. The molecule has 126 valence electrons. The van der Waals surface area contributed by atoms with Gasteiger partial charge in [-0.3, -0.25) is 14.9 Å². The third-order valence-electron chi connectivity index (χ3n) is 3.88. The number of methoxy groups -OCH3 is 1. The van der Waals surface area contributed by atoms with Gasteiger partial charge in [0, 0.05) is 6.42 Å². The number of ether oxygens (including phenoxy) is 1. The van der Waals surface area contributed by atoms with Crippen LogP contribution in [0.2, 0.25) is 0 Å². The lowest BCUT2D eigenvalue weighted by Gasteiger charge is -2.04. The van der Waals surface area contributed by atoms with Gasteiger partial charge in [0.2, 0.25) is 0 Å². The Labute approximate surface area is 148 Å². The number of hydrogen-bond acceptors (Lipinski definition) is 5. The first-order valence-corrected chi connectivity index (χ1v) is 8.39. The topological polar surface area (TPSA) is 69.4 Å². The van der Waals surface area contributed by atoms with Crippen molar-refractivity contribution >= 4 is 23.3 Å². The lowest BCUT2D eigenvalue weighted by molar-refractivity contribution is -0.384. The van der Waals surface area contributed by atoms with E-state index in [-0.39, 0.29) is 5.69 Å². The second kappa shape index (κ2) is 7.27. The quantitative estimate of drug-likeness (QED) is 0.365. The van der Waals surface area contributed by atoms with Crippen LogP contribution >= 0.6 is 11.3 Å². The Hall–Kier alpha value is -2.99. The Morgan fingerprint density at radius 3 is 2.36 bits per heavy atom. The third-order valence-corrected chi connectivity index (χ3v) is 5.07. The highest BCUT2D eigenvalue weighted by Crippen LogP contribution is 2.42. The molecule has 1 aromatic heterocycles. The molecule has 0 radical (unpaired) electrons. The molecule has 25 heavy (non-hydrogen) atoms. The molecule has 0 saturated carbocycles. The minimum Gasteiger partial charge on any atom is -0.497 e. The van der Waals surface area contributed by atoms with E-state index in [2.05, 4.69) is 0 Å². The molecule has 0 aliphatic heterocycles. The molecule has 3 rings (SSSR count). The molecule has 2 aromatic carbocycles. The minimum absolute atomic E-state index is 0.00844. The van der Waals surface area contributed by atoms with Crippen LogP contribution < -0.4 is 4.74 Å². The van der Waals surface area contributed by atoms with E-state index in [1.54, 1.807) is 19.2 Å². The van der Waals surface area contributed by atoms with Crippen LogP contribution in [0.5, 0.6) is 5.75 Å². The van der Waals surface area contributed by atoms with E-state index in [4.69, 9.17) is 4.74 Å². The molecule has 0 spiro atoms. The van der Waals surface area contributed by atoms with Gasteiger partial charge in [-0.05, 0) is 23.3 Å². The number of thiophene rings is 1. The highest BCUT2D eigenvalue weighted by atomic mass is 32.1. The van der Waals surface area contributed by atoms with Crippen LogP contribution in [0.1, 0.15) is 20.8 Å². The summed E-state index contributed by atoms with van der Waals surface area (Å²) in [5, 5.41) is 11.7. The third kappa shape index (κ3) is 3.44. The molecule has 0 unspecified atom stereocenters. The van der Waals surface area contributed by atoms with Crippen LogP contribution in [0.4, 0.5) is 5.69 Å². The number of aldehydes is 1. The van der Waals surface area contributed by atoms with Gasteiger partial charge in [-0.25, -0.2) is 0 Å². The van der Waals surface area contributed by atoms with E-state index in [1.165, 1.54) is 0 Å². The van der Waals surface area contributed by atoms with Crippen molar-refractivity contribution in [3.05, 3.63) is 80.7 Å². The van der Waals surface area contributed by atoms with E-state index in [0.29, 0.717) is 33.8 Å². The zero-order valence-corrected chi connectivity index (χ0v) is 14.3. The summed E-state index contributed by atoms with van der Waals surface area (Å²) in [6, 6.07) is 16.4. The largest absolute Gasteiger partial charge is 0.497 e. The number of rotatable bonds is 6. The average Bonchev–Trinajstić information content (AvgIpc) is 3.01. The standard InChI is InChI=1S/C19H15NO4S/c1-24-15-9-7-13(8-10-15)11-16-17(12-21)25-19(18(16)20(22)23)14-5-3-2-4-6-14/h2-10,12H,11H2,1H3. The first-order chi connectivity index (χ1) is 12.1. The van der Waals surface area contributed by atoms with Crippen LogP contribution in [-0.2, 0) is 6.42 Å². The fraction of sp³-hybridized carbons (Fsp3) is 0.105. The van der Waals surface area contributed by atoms with Crippen molar-refractivity contribution in [2.45, 2.75) is 6.42 Å². The fourth-order valence-electron chi connectivity index (χ4n) is 2.67. The van der Waals surface area contributed by atoms with Crippen molar-refractivity contribution in [3.8, 4) is 16.2 Å². The van der Waals surface area contributed by atoms with Gasteiger partial charge in [0.25, 0.3) is 5.69 Å². The van der Waals surface area contributed by atoms with Gasteiger partial charge in [-0.1, -0.05) is 42.5 Å². The normalized spacial score (nSPS) is 10.4. The number of nitro groups is 1. The van der Waals surface area contributed by atoms with Crippen LogP contribution in [0.15, 0.2) is 54.6 Å². The van der Waals surface area contributed by atoms with Crippen LogP contribution in [-0.4, -0.2) is 18.3 Å². The molecular weight excluding hydrogens is 338 g/mol. The predicted octanol–water partition coefficient (Wildman–Crippen LogP) is 4.74. The summed E-state index contributed by atoms with van der Waals surface area (Å²) in [5.74, 6) is 0.712. The van der Waals surface area contributed by atoms with Gasteiger partial charge >= 0.3 is 0 Å². The molecule has 0 aliphatic carbocycles. The highest BCUT2D eigenvalue weighted by Gasteiger charge is 2.28. The molecule has 0 bridgehead atoms. The van der Waals surface area contributed by atoms with Crippen molar-refractivity contribution in [1.82, 2.24) is 0 Å². The van der Waals surface area contributed by atoms with Gasteiger partial charge < -0.3 is 4.74 Å². The molecule has 0 N–H and O–H groups in total. The molecular formula is C19H15NO4S. The second-order valence-electron chi connectivity index (χ2n) is 5.39. The summed E-state index contributed by atoms with van der Waals surface area (Å²) in [7, 11) is 1.58. The molecule has 3 aromatic rings. The summed E-state index contributed by atoms with van der Waals surface area (Å²) in [6.45, 7) is 0. The molecule has 0 saturated heterocycles. The second-order valence-corrected chi connectivity index (χ2v) is 6.44. The Balaban J connectivity index is 2.09. The number of benzene rings is 2. The van der Waals surface area contributed by atoms with Gasteiger partial charge in [-0.2, -0.15) is 0 Å². The van der Waals surface area contributed by atoms with E-state index in [9.17, 15) is 14.9 Å². The van der Waals surface area contributed by atoms with Crippen LogP contribution in [0.3, 0.4) is 0 Å². The maximum atomic E-state index is 11.7. The molecule has 1 heterocycles. The van der Waals surface area contributed by atoms with Crippen molar-refractivity contribution in [3.63, 3.8) is 0 Å². The molecule has 0 amide bonds. The summed E-state index contributed by atoms with van der Waals surface area (Å²) in [4.78, 5) is 23.7. The van der Waals surface area contributed by atoms with Gasteiger partial charge in [-0.15, -0.1) is 11.3 Å².